The summed E-state index contributed by atoms with van der Waals surface area (Å²) in [4.78, 5) is 2.19. The summed E-state index contributed by atoms with van der Waals surface area (Å²) in [5, 5.41) is 19.6. The molecule has 0 aliphatic carbocycles. The van der Waals surface area contributed by atoms with Crippen LogP contribution in [0.4, 0.5) is 13.2 Å². The molecule has 8 heteroatoms. The fourth-order valence-corrected chi connectivity index (χ4v) is 4.20. The van der Waals surface area contributed by atoms with Crippen molar-refractivity contribution in [2.75, 3.05) is 26.3 Å². The highest BCUT2D eigenvalue weighted by Crippen LogP contribution is 2.40. The summed E-state index contributed by atoms with van der Waals surface area (Å²) < 4.78 is 45.1. The van der Waals surface area contributed by atoms with E-state index in [-0.39, 0.29) is 23.8 Å². The smallest absolute Gasteiger partial charge is 0.417 e. The van der Waals surface area contributed by atoms with Crippen LogP contribution in [0.15, 0.2) is 30.3 Å². The quantitative estimate of drug-likeness (QED) is 0.536. The number of piperidine rings is 1. The minimum Gasteiger partial charge on any atom is -0.491 e. The van der Waals surface area contributed by atoms with Crippen molar-refractivity contribution >= 4 is 11.6 Å². The second-order valence-corrected chi connectivity index (χ2v) is 8.45. The lowest BCUT2D eigenvalue weighted by Gasteiger charge is -2.39. The van der Waals surface area contributed by atoms with Gasteiger partial charge in [-0.25, -0.2) is 0 Å². The predicted molar refractivity (Wildman–Crippen MR) is 125 cm³/mol. The summed E-state index contributed by atoms with van der Waals surface area (Å²) in [5.41, 5.74) is 1.27. The minimum atomic E-state index is -4.56. The van der Waals surface area contributed by atoms with Gasteiger partial charge in [-0.1, -0.05) is 37.6 Å². The first-order valence-electron chi connectivity index (χ1n) is 11.2. The summed E-state index contributed by atoms with van der Waals surface area (Å²) in [6.45, 7) is 9.98. The van der Waals surface area contributed by atoms with Crippen LogP contribution in [-0.4, -0.2) is 41.4 Å². The highest BCUT2D eigenvalue weighted by molar-refractivity contribution is 6.31. The van der Waals surface area contributed by atoms with Gasteiger partial charge in [0.2, 0.25) is 0 Å². The molecule has 184 valence electrons. The summed E-state index contributed by atoms with van der Waals surface area (Å²) in [6.07, 6.45) is -3.89. The van der Waals surface area contributed by atoms with Crippen LogP contribution in [0.25, 0.3) is 0 Å². The zero-order chi connectivity index (χ0) is 24.8. The summed E-state index contributed by atoms with van der Waals surface area (Å²) in [7, 11) is 0. The lowest BCUT2D eigenvalue weighted by Crippen LogP contribution is -2.42. The van der Waals surface area contributed by atoms with Crippen LogP contribution in [0.2, 0.25) is 5.02 Å². The molecule has 2 aromatic rings. The molecule has 2 aromatic carbocycles. The lowest BCUT2D eigenvalue weighted by atomic mass is 9.83. The van der Waals surface area contributed by atoms with Gasteiger partial charge in [-0.3, -0.25) is 4.90 Å². The Morgan fingerprint density at radius 3 is 2.27 bits per heavy atom. The number of hydrogen-bond donors (Lipinski definition) is 2. The first-order chi connectivity index (χ1) is 15.5. The summed E-state index contributed by atoms with van der Waals surface area (Å²) in [5.74, 6) is 0.742. The fourth-order valence-electron chi connectivity index (χ4n) is 3.98. The van der Waals surface area contributed by atoms with Gasteiger partial charge in [0.1, 0.15) is 12.4 Å². The molecule has 2 N–H and O–H groups in total. The molecule has 0 aromatic heterocycles. The number of likely N-dealkylation sites (tertiary alicyclic amines) is 1. The van der Waals surface area contributed by atoms with E-state index in [0.717, 1.165) is 28.5 Å². The largest absolute Gasteiger partial charge is 0.491 e. The standard InChI is InChI=1S/C23H27ClF3NO3.C2H6/c1-15-16(2)21(31-12-11-29)6-3-17(15)14-28-9-7-22(30,8-10-28)18-4-5-20(24)19(13-18)23(25,26)27;1-2/h3-6,13,29-30H,7-12,14H2,1-2H3;1-2H3. The van der Waals surface area contributed by atoms with Gasteiger partial charge < -0.3 is 14.9 Å². The van der Waals surface area contributed by atoms with Crippen LogP contribution in [0.1, 0.15) is 54.5 Å². The minimum absolute atomic E-state index is 0.0466. The molecule has 1 fully saturated rings. The molecular formula is C25H33ClF3NO3. The third kappa shape index (κ3) is 6.63. The normalized spacial score (nSPS) is 16.2. The Morgan fingerprint density at radius 1 is 1.06 bits per heavy atom. The van der Waals surface area contributed by atoms with Crippen LogP contribution in [0.5, 0.6) is 5.75 Å². The average molecular weight is 488 g/mol. The third-order valence-electron chi connectivity index (χ3n) is 6.08. The number of aliphatic hydroxyl groups excluding tert-OH is 1. The molecule has 4 nitrogen and oxygen atoms in total. The van der Waals surface area contributed by atoms with Crippen LogP contribution in [0.3, 0.4) is 0 Å². The fraction of sp³-hybridized carbons (Fsp3) is 0.520. The van der Waals surface area contributed by atoms with Gasteiger partial charge in [-0.2, -0.15) is 13.2 Å². The van der Waals surface area contributed by atoms with Gasteiger partial charge >= 0.3 is 6.18 Å². The number of ether oxygens (including phenoxy) is 1. The van der Waals surface area contributed by atoms with Crippen molar-refractivity contribution in [2.24, 2.45) is 0 Å². The Morgan fingerprint density at radius 2 is 1.70 bits per heavy atom. The Labute approximate surface area is 198 Å². The molecule has 0 spiro atoms. The van der Waals surface area contributed by atoms with Crippen LogP contribution in [0, 0.1) is 13.8 Å². The van der Waals surface area contributed by atoms with E-state index in [1.165, 1.54) is 12.1 Å². The van der Waals surface area contributed by atoms with Gasteiger partial charge in [0, 0.05) is 19.6 Å². The number of rotatable bonds is 6. The predicted octanol–water partition coefficient (Wildman–Crippen LogP) is 5.86. The number of aliphatic hydroxyl groups is 2. The Kier molecular flexibility index (Phi) is 9.61. The highest BCUT2D eigenvalue weighted by atomic mass is 35.5. The second kappa shape index (κ2) is 11.6. The molecule has 0 saturated carbocycles. The van der Waals surface area contributed by atoms with E-state index in [9.17, 15) is 18.3 Å². The van der Waals surface area contributed by atoms with Crippen molar-refractivity contribution in [1.82, 2.24) is 4.90 Å². The second-order valence-electron chi connectivity index (χ2n) is 8.05. The summed E-state index contributed by atoms with van der Waals surface area (Å²) in [6, 6.07) is 7.53. The molecule has 0 amide bonds. The van der Waals surface area contributed by atoms with Gasteiger partial charge in [-0.05, 0) is 67.1 Å². The van der Waals surface area contributed by atoms with Crippen molar-refractivity contribution in [3.8, 4) is 5.75 Å². The van der Waals surface area contributed by atoms with E-state index in [1.54, 1.807) is 0 Å². The first-order valence-corrected chi connectivity index (χ1v) is 11.6. The maximum Gasteiger partial charge on any atom is 0.417 e. The molecule has 0 bridgehead atoms. The van der Waals surface area contributed by atoms with Gasteiger partial charge in [-0.15, -0.1) is 0 Å². The maximum atomic E-state index is 13.2. The van der Waals surface area contributed by atoms with Crippen molar-refractivity contribution in [1.29, 1.82) is 0 Å². The molecule has 1 saturated heterocycles. The highest BCUT2D eigenvalue weighted by Gasteiger charge is 2.38. The van der Waals surface area contributed by atoms with Gasteiger partial charge in [0.15, 0.2) is 0 Å². The number of hydrogen-bond acceptors (Lipinski definition) is 4. The molecule has 1 heterocycles. The van der Waals surface area contributed by atoms with Crippen LogP contribution in [-0.2, 0) is 18.3 Å². The monoisotopic (exact) mass is 487 g/mol. The van der Waals surface area contributed by atoms with E-state index in [0.29, 0.717) is 32.5 Å². The van der Waals surface area contributed by atoms with Crippen molar-refractivity contribution in [3.05, 3.63) is 63.2 Å². The number of nitrogens with zero attached hydrogens (tertiary/aromatic N) is 1. The van der Waals surface area contributed by atoms with E-state index in [2.05, 4.69) is 4.90 Å². The number of halogens is 4. The molecule has 0 atom stereocenters. The topological polar surface area (TPSA) is 52.9 Å². The molecule has 1 aliphatic rings. The van der Waals surface area contributed by atoms with Crippen LogP contribution >= 0.6 is 11.6 Å². The van der Waals surface area contributed by atoms with Crippen molar-refractivity contribution < 1.29 is 28.1 Å². The van der Waals surface area contributed by atoms with Crippen molar-refractivity contribution in [2.45, 2.75) is 58.9 Å². The Bertz CT molecular complexity index is 926. The van der Waals surface area contributed by atoms with Crippen molar-refractivity contribution in [3.63, 3.8) is 0 Å². The maximum absolute atomic E-state index is 13.2. The van der Waals surface area contributed by atoms with E-state index in [1.807, 2.05) is 39.8 Å². The van der Waals surface area contributed by atoms with E-state index >= 15 is 0 Å². The summed E-state index contributed by atoms with van der Waals surface area (Å²) >= 11 is 5.71. The third-order valence-corrected chi connectivity index (χ3v) is 6.41. The van der Waals surface area contributed by atoms with Gasteiger partial charge in [0.25, 0.3) is 0 Å². The molecule has 3 rings (SSSR count). The van der Waals surface area contributed by atoms with E-state index in [4.69, 9.17) is 21.4 Å². The lowest BCUT2D eigenvalue weighted by molar-refractivity contribution is -0.137. The zero-order valence-corrected chi connectivity index (χ0v) is 20.4. The van der Waals surface area contributed by atoms with Crippen LogP contribution < -0.4 is 4.74 Å². The molecule has 0 radical (unpaired) electrons. The molecule has 1 aliphatic heterocycles. The Balaban J connectivity index is 0.00000187. The number of benzene rings is 2. The molecule has 33 heavy (non-hydrogen) atoms. The number of alkyl halides is 3. The average Bonchev–Trinajstić information content (AvgIpc) is 2.79. The molecule has 0 unspecified atom stereocenters. The first kappa shape index (κ1) is 27.4. The molecular weight excluding hydrogens is 455 g/mol. The SMILES string of the molecule is CC.Cc1c(CN2CCC(O)(c3ccc(Cl)c(C(F)(F)F)c3)CC2)ccc(OCCO)c1C. The zero-order valence-electron chi connectivity index (χ0n) is 19.6. The van der Waals surface area contributed by atoms with E-state index < -0.39 is 17.3 Å². The van der Waals surface area contributed by atoms with Gasteiger partial charge in [0.05, 0.1) is 22.8 Å². The Hall–Kier alpha value is -1.80.